The first kappa shape index (κ1) is 35.4. The van der Waals surface area contributed by atoms with E-state index in [1.807, 2.05) is 84.9 Å². The van der Waals surface area contributed by atoms with Crippen molar-refractivity contribution in [2.45, 2.75) is 86.4 Å². The summed E-state index contributed by atoms with van der Waals surface area (Å²) >= 11 is 12.2. The van der Waals surface area contributed by atoms with Crippen molar-refractivity contribution in [1.29, 1.82) is 0 Å². The van der Waals surface area contributed by atoms with Crippen LogP contribution in [0.4, 0.5) is 0 Å². The molecule has 8 atom stereocenters. The summed E-state index contributed by atoms with van der Waals surface area (Å²) in [5.41, 5.74) is 4.61. The molecule has 4 aromatic carbocycles. The second kappa shape index (κ2) is 15.1. The van der Waals surface area contributed by atoms with Crippen molar-refractivity contribution in [3.05, 3.63) is 142 Å². The van der Waals surface area contributed by atoms with Crippen LogP contribution in [-0.4, -0.2) is 68.3 Å². The van der Waals surface area contributed by atoms with Gasteiger partial charge in [0.1, 0.15) is 0 Å². The highest BCUT2D eigenvalue weighted by molar-refractivity contribution is 6.30. The number of nitrogens with zero attached hydrogens (tertiary/aromatic N) is 6. The highest BCUT2D eigenvalue weighted by Crippen LogP contribution is 2.52. The van der Waals surface area contributed by atoms with Crippen LogP contribution in [0.2, 0.25) is 10.0 Å². The van der Waals surface area contributed by atoms with Gasteiger partial charge in [-0.2, -0.15) is 9.97 Å². The first-order chi connectivity index (χ1) is 26.4. The van der Waals surface area contributed by atoms with Gasteiger partial charge in [0.2, 0.25) is 23.4 Å². The standard InChI is InChI=1S/2C22H22ClN3O/c2*1-26-17-11-12-19(26)20(18(13-17)14-7-9-16(23)10-8-14)22-24-21(25-27-22)15-5-3-2-4-6-15/h2*2-10,17-20H,11-13H2,1H3/t17-,18+,19+,20+;17-,18-,19-,20-/m00/s1. The summed E-state index contributed by atoms with van der Waals surface area (Å²) in [7, 11) is 4.48. The highest BCUT2D eigenvalue weighted by Gasteiger charge is 2.50. The fourth-order valence-corrected chi connectivity index (χ4v) is 10.1. The Labute approximate surface area is 326 Å². The van der Waals surface area contributed by atoms with Crippen LogP contribution < -0.4 is 0 Å². The fourth-order valence-electron chi connectivity index (χ4n) is 9.86. The van der Waals surface area contributed by atoms with Crippen molar-refractivity contribution < 1.29 is 9.05 Å². The molecule has 4 aliphatic heterocycles. The molecule has 0 aliphatic carbocycles. The number of hydrogen-bond acceptors (Lipinski definition) is 8. The van der Waals surface area contributed by atoms with E-state index in [9.17, 15) is 0 Å². The van der Waals surface area contributed by atoms with Crippen molar-refractivity contribution in [2.24, 2.45) is 0 Å². The van der Waals surface area contributed by atoms with Gasteiger partial charge >= 0.3 is 0 Å². The number of fused-ring (bicyclic) bond motifs is 4. The van der Waals surface area contributed by atoms with Crippen LogP contribution in [0.5, 0.6) is 0 Å². The second-order valence-electron chi connectivity index (χ2n) is 15.4. The lowest BCUT2D eigenvalue weighted by Gasteiger charge is -2.41. The lowest BCUT2D eigenvalue weighted by molar-refractivity contribution is 0.120. The number of rotatable bonds is 6. The molecule has 10 heteroatoms. The summed E-state index contributed by atoms with van der Waals surface area (Å²) in [6.07, 6.45) is 7.06. The minimum absolute atomic E-state index is 0.208. The van der Waals surface area contributed by atoms with Crippen molar-refractivity contribution in [3.8, 4) is 22.8 Å². The van der Waals surface area contributed by atoms with E-state index in [1.54, 1.807) is 0 Å². The Hall–Kier alpha value is -4.34. The first-order valence-electron chi connectivity index (χ1n) is 19.1. The second-order valence-corrected chi connectivity index (χ2v) is 16.3. The predicted octanol–water partition coefficient (Wildman–Crippen LogP) is 10.2. The first-order valence-corrected chi connectivity index (χ1v) is 19.9. The number of piperidine rings is 2. The van der Waals surface area contributed by atoms with E-state index in [-0.39, 0.29) is 11.8 Å². The lowest BCUT2D eigenvalue weighted by atomic mass is 9.76. The lowest BCUT2D eigenvalue weighted by Crippen LogP contribution is -2.44. The summed E-state index contributed by atoms with van der Waals surface area (Å²) in [5, 5.41) is 10.1. The summed E-state index contributed by atoms with van der Waals surface area (Å²) in [6, 6.07) is 38.7. The zero-order valence-corrected chi connectivity index (χ0v) is 32.0. The molecule has 8 nitrogen and oxygen atoms in total. The monoisotopic (exact) mass is 758 g/mol. The van der Waals surface area contributed by atoms with Gasteiger partial charge in [-0.05, 0) is 99.8 Å². The Balaban J connectivity index is 0.000000142. The van der Waals surface area contributed by atoms with E-state index in [0.29, 0.717) is 47.7 Å². The molecule has 4 saturated heterocycles. The molecule has 0 amide bonds. The van der Waals surface area contributed by atoms with E-state index < -0.39 is 0 Å². The van der Waals surface area contributed by atoms with Crippen LogP contribution in [0.3, 0.4) is 0 Å². The molecule has 0 spiro atoms. The van der Waals surface area contributed by atoms with Gasteiger partial charge < -0.3 is 9.05 Å². The maximum absolute atomic E-state index is 6.12. The molecule has 0 N–H and O–H groups in total. The Morgan fingerprint density at radius 1 is 0.519 bits per heavy atom. The maximum Gasteiger partial charge on any atom is 0.232 e. The number of hydrogen-bond donors (Lipinski definition) is 0. The number of likely N-dealkylation sites (N-methyl/N-ethyl adjacent to an activating group) is 2. The normalized spacial score (nSPS) is 27.8. The average Bonchev–Trinajstić information content (AvgIpc) is 3.99. The van der Waals surface area contributed by atoms with Gasteiger partial charge in [-0.15, -0.1) is 0 Å². The van der Waals surface area contributed by atoms with Gasteiger partial charge in [-0.3, -0.25) is 9.80 Å². The third-order valence-corrected chi connectivity index (χ3v) is 13.2. The Kier molecular flexibility index (Phi) is 9.87. The molecule has 0 radical (unpaired) electrons. The molecular formula is C44H44Cl2N6O2. The number of halogens is 2. The topological polar surface area (TPSA) is 84.3 Å². The summed E-state index contributed by atoms with van der Waals surface area (Å²) in [4.78, 5) is 14.7. The van der Waals surface area contributed by atoms with E-state index in [2.05, 4.69) is 58.5 Å². The zero-order valence-electron chi connectivity index (χ0n) is 30.5. The van der Waals surface area contributed by atoms with Crippen molar-refractivity contribution >= 4 is 23.2 Å². The van der Waals surface area contributed by atoms with Crippen LogP contribution in [0, 0.1) is 0 Å². The smallest absolute Gasteiger partial charge is 0.232 e. The van der Waals surface area contributed by atoms with Gasteiger partial charge in [0, 0.05) is 45.3 Å². The molecule has 0 saturated carbocycles. The molecule has 4 aliphatic rings. The van der Waals surface area contributed by atoms with Gasteiger partial charge in [0.25, 0.3) is 0 Å². The average molecular weight is 760 g/mol. The van der Waals surface area contributed by atoms with Crippen LogP contribution in [0.25, 0.3) is 22.8 Å². The third-order valence-electron chi connectivity index (χ3n) is 12.7. The van der Waals surface area contributed by atoms with Gasteiger partial charge in [0.15, 0.2) is 0 Å². The van der Waals surface area contributed by atoms with E-state index in [4.69, 9.17) is 42.2 Å². The molecule has 4 fully saturated rings. The summed E-state index contributed by atoms with van der Waals surface area (Å²) < 4.78 is 11.6. The number of aromatic nitrogens is 4. The van der Waals surface area contributed by atoms with Crippen molar-refractivity contribution in [1.82, 2.24) is 30.1 Å². The quantitative estimate of drug-likeness (QED) is 0.166. The molecule has 6 aromatic rings. The van der Waals surface area contributed by atoms with E-state index in [1.165, 1.54) is 36.8 Å². The van der Waals surface area contributed by atoms with Crippen LogP contribution in [0.1, 0.15) is 85.1 Å². The fraction of sp³-hybridized carbons (Fsp3) is 0.364. The molecule has 276 valence electrons. The maximum atomic E-state index is 6.12. The SMILES string of the molecule is CN1[C@H]2CC[C@@H]1[C@H](c1nc(-c3ccccc3)no1)[C@@H](c1ccc(Cl)cc1)C2.CN1[C@H]2CC[C@H]1[C@@H](c1nc(-c3ccccc3)no1)[C@H](c1ccc(Cl)cc1)C2. The minimum Gasteiger partial charge on any atom is -0.339 e. The zero-order chi connectivity index (χ0) is 36.8. The van der Waals surface area contributed by atoms with E-state index >= 15 is 0 Å². The molecule has 10 rings (SSSR count). The van der Waals surface area contributed by atoms with E-state index in [0.717, 1.165) is 45.8 Å². The molecule has 0 unspecified atom stereocenters. The molecular weight excluding hydrogens is 715 g/mol. The van der Waals surface area contributed by atoms with Crippen molar-refractivity contribution in [2.75, 3.05) is 14.1 Å². The van der Waals surface area contributed by atoms with Crippen LogP contribution >= 0.6 is 23.2 Å². The largest absolute Gasteiger partial charge is 0.339 e. The molecule has 4 bridgehead atoms. The summed E-state index contributed by atoms with van der Waals surface area (Å²) in [5.74, 6) is 4.02. The molecule has 2 aromatic heterocycles. The third kappa shape index (κ3) is 6.79. The Bertz CT molecular complexity index is 2000. The Morgan fingerprint density at radius 2 is 0.907 bits per heavy atom. The van der Waals surface area contributed by atoms with Gasteiger partial charge in [-0.1, -0.05) is 118 Å². The molecule has 6 heterocycles. The van der Waals surface area contributed by atoms with Crippen LogP contribution in [0.15, 0.2) is 118 Å². The number of benzene rings is 4. The van der Waals surface area contributed by atoms with Gasteiger partial charge in [0.05, 0.1) is 11.8 Å². The minimum atomic E-state index is 0.208. The molecule has 54 heavy (non-hydrogen) atoms. The van der Waals surface area contributed by atoms with Crippen molar-refractivity contribution in [3.63, 3.8) is 0 Å². The highest BCUT2D eigenvalue weighted by atomic mass is 35.5. The van der Waals surface area contributed by atoms with Crippen LogP contribution in [-0.2, 0) is 0 Å². The Morgan fingerprint density at radius 3 is 1.30 bits per heavy atom. The summed E-state index contributed by atoms with van der Waals surface area (Å²) in [6.45, 7) is 0. The van der Waals surface area contributed by atoms with Gasteiger partial charge in [-0.25, -0.2) is 0 Å². The predicted molar refractivity (Wildman–Crippen MR) is 212 cm³/mol.